The number of rotatable bonds is 6. The topological polar surface area (TPSA) is 67.9 Å². The van der Waals surface area contributed by atoms with Gasteiger partial charge in [0.05, 0.1) is 24.5 Å². The van der Waals surface area contributed by atoms with E-state index >= 15 is 0 Å². The predicted molar refractivity (Wildman–Crippen MR) is 103 cm³/mol. The summed E-state index contributed by atoms with van der Waals surface area (Å²) in [6.45, 7) is 6.16. The van der Waals surface area contributed by atoms with Crippen molar-refractivity contribution in [2.75, 3.05) is 38.2 Å². The number of benzene rings is 2. The lowest BCUT2D eigenvalue weighted by molar-refractivity contribution is 0.0303. The molecular formula is C21H22N2O4. The minimum Gasteiger partial charge on any atom is -0.490 e. The van der Waals surface area contributed by atoms with Crippen molar-refractivity contribution in [2.45, 2.75) is 0 Å². The standard InChI is InChI=1S/C21H22N2O4/c1-2-13-27-17-9-7-16(8-10-17)20(24)22-19-6-4-3-5-18(19)21(25)23-11-14-26-15-12-23/h2-10H,1,11-15H2,(H,22,24). The fourth-order valence-electron chi connectivity index (χ4n) is 2.77. The minimum absolute atomic E-state index is 0.109. The van der Waals surface area contributed by atoms with Crippen molar-refractivity contribution in [3.8, 4) is 5.75 Å². The maximum atomic E-state index is 12.8. The van der Waals surface area contributed by atoms with Crippen LogP contribution in [0.4, 0.5) is 5.69 Å². The summed E-state index contributed by atoms with van der Waals surface area (Å²) < 4.78 is 10.7. The second kappa shape index (κ2) is 9.00. The summed E-state index contributed by atoms with van der Waals surface area (Å²) in [6.07, 6.45) is 1.66. The number of amides is 2. The minimum atomic E-state index is -0.285. The molecule has 6 heteroatoms. The van der Waals surface area contributed by atoms with Gasteiger partial charge in [0.2, 0.25) is 0 Å². The average Bonchev–Trinajstić information content (AvgIpc) is 2.73. The van der Waals surface area contributed by atoms with Crippen molar-refractivity contribution >= 4 is 17.5 Å². The number of carbonyl (C=O) groups is 2. The Morgan fingerprint density at radius 3 is 2.52 bits per heavy atom. The second-order valence-corrected chi connectivity index (χ2v) is 6.03. The largest absolute Gasteiger partial charge is 0.490 e. The van der Waals surface area contributed by atoms with Gasteiger partial charge >= 0.3 is 0 Å². The maximum absolute atomic E-state index is 12.8. The van der Waals surface area contributed by atoms with Crippen LogP contribution in [0.1, 0.15) is 20.7 Å². The molecular weight excluding hydrogens is 344 g/mol. The van der Waals surface area contributed by atoms with Crippen LogP contribution in [0.5, 0.6) is 5.75 Å². The molecule has 0 saturated carbocycles. The molecule has 1 saturated heterocycles. The van der Waals surface area contributed by atoms with Crippen molar-refractivity contribution in [1.82, 2.24) is 4.90 Å². The number of nitrogens with zero attached hydrogens (tertiary/aromatic N) is 1. The molecule has 0 bridgehead atoms. The number of anilines is 1. The Bertz CT molecular complexity index is 811. The van der Waals surface area contributed by atoms with E-state index in [0.717, 1.165) is 0 Å². The summed E-state index contributed by atoms with van der Waals surface area (Å²) in [5.41, 5.74) is 1.44. The highest BCUT2D eigenvalue weighted by atomic mass is 16.5. The third-order valence-electron chi connectivity index (χ3n) is 4.19. The van der Waals surface area contributed by atoms with Gasteiger partial charge in [-0.1, -0.05) is 24.8 Å². The average molecular weight is 366 g/mol. The monoisotopic (exact) mass is 366 g/mol. The molecule has 27 heavy (non-hydrogen) atoms. The summed E-state index contributed by atoms with van der Waals surface area (Å²) >= 11 is 0. The molecule has 2 amide bonds. The smallest absolute Gasteiger partial charge is 0.256 e. The van der Waals surface area contributed by atoms with Crippen LogP contribution in [0.25, 0.3) is 0 Å². The fraction of sp³-hybridized carbons (Fsp3) is 0.238. The Balaban J connectivity index is 1.72. The van der Waals surface area contributed by atoms with E-state index in [2.05, 4.69) is 11.9 Å². The first-order valence-electron chi connectivity index (χ1n) is 8.80. The molecule has 0 spiro atoms. The number of hydrogen-bond acceptors (Lipinski definition) is 4. The zero-order valence-electron chi connectivity index (χ0n) is 15.0. The number of carbonyl (C=O) groups excluding carboxylic acids is 2. The molecule has 0 aromatic heterocycles. The van der Waals surface area contributed by atoms with Crippen LogP contribution in [0.15, 0.2) is 61.2 Å². The van der Waals surface area contributed by atoms with E-state index in [9.17, 15) is 9.59 Å². The van der Waals surface area contributed by atoms with Crippen LogP contribution in [-0.4, -0.2) is 49.6 Å². The van der Waals surface area contributed by atoms with Gasteiger partial charge in [-0.3, -0.25) is 9.59 Å². The molecule has 140 valence electrons. The molecule has 0 aliphatic carbocycles. The zero-order chi connectivity index (χ0) is 19.1. The van der Waals surface area contributed by atoms with Crippen LogP contribution in [-0.2, 0) is 4.74 Å². The van der Waals surface area contributed by atoms with Crippen LogP contribution in [0, 0.1) is 0 Å². The van der Waals surface area contributed by atoms with E-state index in [1.54, 1.807) is 59.5 Å². The van der Waals surface area contributed by atoms with E-state index in [1.807, 2.05) is 0 Å². The molecule has 3 rings (SSSR count). The molecule has 1 aliphatic heterocycles. The van der Waals surface area contributed by atoms with Crippen LogP contribution in [0.3, 0.4) is 0 Å². The third kappa shape index (κ3) is 4.74. The van der Waals surface area contributed by atoms with Gasteiger partial charge < -0.3 is 19.7 Å². The Morgan fingerprint density at radius 1 is 1.11 bits per heavy atom. The Kier molecular flexibility index (Phi) is 6.22. The van der Waals surface area contributed by atoms with Gasteiger partial charge in [-0.05, 0) is 36.4 Å². The Morgan fingerprint density at radius 2 is 1.81 bits per heavy atom. The summed E-state index contributed by atoms with van der Waals surface area (Å²) in [6, 6.07) is 13.8. The van der Waals surface area contributed by atoms with Crippen molar-refractivity contribution in [3.05, 3.63) is 72.3 Å². The lowest BCUT2D eigenvalue weighted by Gasteiger charge is -2.27. The van der Waals surface area contributed by atoms with Crippen molar-refractivity contribution < 1.29 is 19.1 Å². The molecule has 1 aliphatic rings. The summed E-state index contributed by atoms with van der Waals surface area (Å²) in [5, 5.41) is 2.83. The van der Waals surface area contributed by atoms with E-state index < -0.39 is 0 Å². The molecule has 2 aromatic rings. The first kappa shape index (κ1) is 18.7. The molecule has 2 aromatic carbocycles. The van der Waals surface area contributed by atoms with E-state index in [-0.39, 0.29) is 11.8 Å². The quantitative estimate of drug-likeness (QED) is 0.798. The van der Waals surface area contributed by atoms with Crippen LogP contribution in [0.2, 0.25) is 0 Å². The Labute approximate surface area is 158 Å². The van der Waals surface area contributed by atoms with Crippen molar-refractivity contribution in [2.24, 2.45) is 0 Å². The highest BCUT2D eigenvalue weighted by molar-refractivity contribution is 6.09. The number of para-hydroxylation sites is 1. The lowest BCUT2D eigenvalue weighted by Crippen LogP contribution is -2.41. The van der Waals surface area contributed by atoms with Crippen LogP contribution < -0.4 is 10.1 Å². The van der Waals surface area contributed by atoms with E-state index in [4.69, 9.17) is 9.47 Å². The molecule has 6 nitrogen and oxygen atoms in total. The Hall–Kier alpha value is -3.12. The predicted octanol–water partition coefficient (Wildman–Crippen LogP) is 2.98. The zero-order valence-corrected chi connectivity index (χ0v) is 15.0. The number of ether oxygens (including phenoxy) is 2. The molecule has 0 atom stereocenters. The van der Waals surface area contributed by atoms with E-state index in [1.165, 1.54) is 0 Å². The van der Waals surface area contributed by atoms with Gasteiger partial charge in [0.1, 0.15) is 12.4 Å². The highest BCUT2D eigenvalue weighted by Gasteiger charge is 2.21. The molecule has 0 unspecified atom stereocenters. The molecule has 0 radical (unpaired) electrons. The number of morpholine rings is 1. The SMILES string of the molecule is C=CCOc1ccc(C(=O)Nc2ccccc2C(=O)N2CCOCC2)cc1. The van der Waals surface area contributed by atoms with Crippen molar-refractivity contribution in [1.29, 1.82) is 0 Å². The summed E-state index contributed by atoms with van der Waals surface area (Å²) in [5.74, 6) is 0.268. The van der Waals surface area contributed by atoms with Crippen molar-refractivity contribution in [3.63, 3.8) is 0 Å². The molecule has 1 fully saturated rings. The van der Waals surface area contributed by atoms with Gasteiger partial charge in [0.15, 0.2) is 0 Å². The van der Waals surface area contributed by atoms with E-state index in [0.29, 0.717) is 55.5 Å². The lowest BCUT2D eigenvalue weighted by atomic mass is 10.1. The first-order valence-corrected chi connectivity index (χ1v) is 8.80. The van der Waals surface area contributed by atoms with Gasteiger partial charge in [0, 0.05) is 18.7 Å². The number of hydrogen-bond donors (Lipinski definition) is 1. The van der Waals surface area contributed by atoms with Gasteiger partial charge in [0.25, 0.3) is 11.8 Å². The maximum Gasteiger partial charge on any atom is 0.256 e. The summed E-state index contributed by atoms with van der Waals surface area (Å²) in [7, 11) is 0. The third-order valence-corrected chi connectivity index (χ3v) is 4.19. The van der Waals surface area contributed by atoms with Gasteiger partial charge in [-0.25, -0.2) is 0 Å². The number of nitrogens with one attached hydrogen (secondary N) is 1. The fourth-order valence-corrected chi connectivity index (χ4v) is 2.77. The van der Waals surface area contributed by atoms with Gasteiger partial charge in [-0.2, -0.15) is 0 Å². The first-order chi connectivity index (χ1) is 13.2. The molecule has 1 heterocycles. The van der Waals surface area contributed by atoms with Crippen LogP contribution >= 0.6 is 0 Å². The second-order valence-electron chi connectivity index (χ2n) is 6.03. The van der Waals surface area contributed by atoms with Gasteiger partial charge in [-0.15, -0.1) is 0 Å². The summed E-state index contributed by atoms with van der Waals surface area (Å²) in [4.78, 5) is 27.1. The highest BCUT2D eigenvalue weighted by Crippen LogP contribution is 2.20. The normalized spacial score (nSPS) is 13.7. The molecule has 1 N–H and O–H groups in total.